The lowest BCUT2D eigenvalue weighted by molar-refractivity contribution is -0.141. The highest BCUT2D eigenvalue weighted by Gasteiger charge is 2.27. The first-order valence-electron chi connectivity index (χ1n) is 12.5. The molecule has 8 nitrogen and oxygen atoms in total. The molecule has 0 unspecified atom stereocenters. The van der Waals surface area contributed by atoms with Crippen molar-refractivity contribution in [2.75, 3.05) is 25.2 Å². The Morgan fingerprint density at radius 2 is 1.76 bits per heavy atom. The number of nitrogens with zero attached hydrogens (tertiary/aromatic N) is 2. The third-order valence-electron chi connectivity index (χ3n) is 6.16. The Labute approximate surface area is 228 Å². The molecule has 3 rings (SSSR count). The number of aryl methyl sites for hydroxylation is 2. The van der Waals surface area contributed by atoms with Crippen molar-refractivity contribution in [2.45, 2.75) is 45.8 Å². The van der Waals surface area contributed by atoms with E-state index in [9.17, 15) is 23.1 Å². The number of benzene rings is 2. The highest BCUT2D eigenvalue weighted by molar-refractivity contribution is 7.92. The number of sulfone groups is 1. The minimum Gasteiger partial charge on any atom is -0.497 e. The van der Waals surface area contributed by atoms with E-state index in [1.165, 1.54) is 18.3 Å². The molecule has 0 radical (unpaired) electrons. The van der Waals surface area contributed by atoms with Crippen LogP contribution >= 0.6 is 11.3 Å². The molecule has 0 aliphatic heterocycles. The molecular formula is C28H34N2O6S2. The van der Waals surface area contributed by atoms with Gasteiger partial charge >= 0.3 is 0 Å². The number of aromatic nitrogens is 1. The molecule has 0 aliphatic carbocycles. The summed E-state index contributed by atoms with van der Waals surface area (Å²) in [6, 6.07) is 16.6. The molecule has 1 N–H and O–H groups in total. The topological polar surface area (TPSA) is 114 Å². The normalized spacial score (nSPS) is 12.2. The molecule has 1 aromatic heterocycles. The Morgan fingerprint density at radius 3 is 2.37 bits per heavy atom. The summed E-state index contributed by atoms with van der Waals surface area (Å²) < 4.78 is 29.2. The first-order valence-corrected chi connectivity index (χ1v) is 15.2. The Morgan fingerprint density at radius 1 is 1.08 bits per heavy atom. The summed E-state index contributed by atoms with van der Waals surface area (Å²) in [4.78, 5) is 32.9. The summed E-state index contributed by atoms with van der Waals surface area (Å²) in [6.07, 6.45) is 0.554. The van der Waals surface area contributed by atoms with E-state index < -0.39 is 33.4 Å². The number of rotatable bonds is 14. The molecular weight excluding hydrogens is 524 g/mol. The molecule has 2 aromatic carbocycles. The standard InChI is InChI=1S/C28H34N2O6S2/c1-4-24-26(23(31)19-38(34,35)5-2)29-25(37-24)18-30(17-9-12-20-10-7-6-8-11-20)28(33)27(32)21-13-15-22(36-3)16-14-21/h6-8,10-11,13-16,27,32H,4-5,9,12,17-19H2,1-3H3/t27-/m1/s1. The van der Waals surface area contributed by atoms with Crippen molar-refractivity contribution >= 4 is 32.9 Å². The second kappa shape index (κ2) is 13.6. The Kier molecular flexibility index (Phi) is 10.6. The Bertz CT molecular complexity index is 1320. The van der Waals surface area contributed by atoms with Gasteiger partial charge in [-0.3, -0.25) is 9.59 Å². The van der Waals surface area contributed by atoms with Crippen LogP contribution in [-0.2, 0) is 34.0 Å². The number of ketones is 1. The fourth-order valence-electron chi connectivity index (χ4n) is 3.95. The van der Waals surface area contributed by atoms with Gasteiger partial charge in [0, 0.05) is 17.2 Å². The van der Waals surface area contributed by atoms with E-state index in [1.54, 1.807) is 36.3 Å². The maximum absolute atomic E-state index is 13.4. The van der Waals surface area contributed by atoms with Crippen LogP contribution in [0.15, 0.2) is 54.6 Å². The number of Topliss-reactive ketones (excluding diaryl/α,β-unsaturated/α-hetero) is 1. The molecule has 0 aliphatic rings. The monoisotopic (exact) mass is 558 g/mol. The molecule has 1 amide bonds. The largest absolute Gasteiger partial charge is 0.497 e. The first kappa shape index (κ1) is 29.5. The second-order valence-corrected chi connectivity index (χ2v) is 12.4. The number of methoxy groups -OCH3 is 1. The van der Waals surface area contributed by atoms with Gasteiger partial charge in [-0.1, -0.05) is 56.3 Å². The van der Waals surface area contributed by atoms with Crippen molar-refractivity contribution < 1.29 is 27.9 Å². The maximum Gasteiger partial charge on any atom is 0.256 e. The van der Waals surface area contributed by atoms with Crippen LogP contribution in [0.1, 0.15) is 57.9 Å². The van der Waals surface area contributed by atoms with E-state index >= 15 is 0 Å². The summed E-state index contributed by atoms with van der Waals surface area (Å²) in [7, 11) is -1.95. The summed E-state index contributed by atoms with van der Waals surface area (Å²) in [5, 5.41) is 11.4. The molecule has 38 heavy (non-hydrogen) atoms. The average molecular weight is 559 g/mol. The molecule has 0 fully saturated rings. The quantitative estimate of drug-likeness (QED) is 0.297. The van der Waals surface area contributed by atoms with Gasteiger partial charge in [0.2, 0.25) is 0 Å². The van der Waals surface area contributed by atoms with Crippen LogP contribution in [0.3, 0.4) is 0 Å². The van der Waals surface area contributed by atoms with E-state index in [-0.39, 0.29) is 18.0 Å². The third-order valence-corrected chi connectivity index (χ3v) is 8.92. The predicted octanol–water partition coefficient (Wildman–Crippen LogP) is 4.03. The summed E-state index contributed by atoms with van der Waals surface area (Å²) in [5.74, 6) is -1.10. The summed E-state index contributed by atoms with van der Waals surface area (Å²) >= 11 is 1.29. The number of carbonyl (C=O) groups is 2. The molecule has 1 atom stereocenters. The van der Waals surface area contributed by atoms with Crippen LogP contribution in [0.4, 0.5) is 0 Å². The maximum atomic E-state index is 13.4. The molecule has 0 spiro atoms. The van der Waals surface area contributed by atoms with Gasteiger partial charge in [-0.25, -0.2) is 13.4 Å². The number of ether oxygens (including phenoxy) is 1. The number of carbonyl (C=O) groups excluding carboxylic acids is 2. The number of amides is 1. The van der Waals surface area contributed by atoms with E-state index in [0.717, 1.165) is 12.0 Å². The van der Waals surface area contributed by atoms with Gasteiger partial charge in [-0.15, -0.1) is 11.3 Å². The number of hydrogen-bond donors (Lipinski definition) is 1. The van der Waals surface area contributed by atoms with Crippen LogP contribution in [-0.4, -0.2) is 60.3 Å². The highest BCUT2D eigenvalue weighted by atomic mass is 32.2. The van der Waals surface area contributed by atoms with Crippen molar-refractivity contribution in [3.8, 4) is 5.75 Å². The second-order valence-electron chi connectivity index (χ2n) is 8.86. The zero-order valence-corrected chi connectivity index (χ0v) is 23.6. The van der Waals surface area contributed by atoms with Gasteiger partial charge in [-0.2, -0.15) is 0 Å². The van der Waals surface area contributed by atoms with Crippen molar-refractivity contribution in [1.29, 1.82) is 0 Å². The van der Waals surface area contributed by atoms with Crippen LogP contribution in [0.25, 0.3) is 0 Å². The molecule has 0 saturated carbocycles. The predicted molar refractivity (Wildman–Crippen MR) is 148 cm³/mol. The van der Waals surface area contributed by atoms with Gasteiger partial charge in [0.1, 0.15) is 22.2 Å². The number of aliphatic hydroxyl groups excluding tert-OH is 1. The Balaban J connectivity index is 1.82. The molecule has 10 heteroatoms. The lowest BCUT2D eigenvalue weighted by Gasteiger charge is -2.25. The van der Waals surface area contributed by atoms with Crippen LogP contribution in [0, 0.1) is 0 Å². The van der Waals surface area contributed by atoms with Crippen LogP contribution < -0.4 is 4.74 Å². The lowest BCUT2D eigenvalue weighted by Crippen LogP contribution is -2.35. The SMILES string of the molecule is CCc1sc(CN(CCCc2ccccc2)C(=O)[C@H](O)c2ccc(OC)cc2)nc1C(=O)CS(=O)(=O)CC. The van der Waals surface area contributed by atoms with Gasteiger partial charge < -0.3 is 14.7 Å². The van der Waals surface area contributed by atoms with Gasteiger partial charge in [-0.05, 0) is 42.5 Å². The minimum absolute atomic E-state index is 0.103. The van der Waals surface area contributed by atoms with E-state index in [0.29, 0.717) is 40.6 Å². The van der Waals surface area contributed by atoms with Gasteiger partial charge in [0.15, 0.2) is 21.7 Å². The van der Waals surface area contributed by atoms with Crippen molar-refractivity contribution in [3.05, 3.63) is 81.3 Å². The van der Waals surface area contributed by atoms with E-state index in [4.69, 9.17) is 4.74 Å². The molecule has 0 bridgehead atoms. The zero-order valence-electron chi connectivity index (χ0n) is 21.9. The van der Waals surface area contributed by atoms with Crippen molar-refractivity contribution in [2.24, 2.45) is 0 Å². The van der Waals surface area contributed by atoms with Crippen LogP contribution in [0.2, 0.25) is 0 Å². The highest BCUT2D eigenvalue weighted by Crippen LogP contribution is 2.25. The van der Waals surface area contributed by atoms with Crippen LogP contribution in [0.5, 0.6) is 5.75 Å². The number of aliphatic hydroxyl groups is 1. The Hall–Kier alpha value is -3.08. The summed E-state index contributed by atoms with van der Waals surface area (Å²) in [5.41, 5.74) is 1.73. The first-order chi connectivity index (χ1) is 18.2. The molecule has 0 saturated heterocycles. The molecule has 204 valence electrons. The third kappa shape index (κ3) is 7.96. The van der Waals surface area contributed by atoms with Crippen molar-refractivity contribution in [3.63, 3.8) is 0 Å². The molecule has 3 aromatic rings. The average Bonchev–Trinajstić information content (AvgIpc) is 3.35. The summed E-state index contributed by atoms with van der Waals surface area (Å²) in [6.45, 7) is 3.85. The molecule has 1 heterocycles. The minimum atomic E-state index is -3.50. The number of hydrogen-bond acceptors (Lipinski definition) is 8. The van der Waals surface area contributed by atoms with Gasteiger partial charge in [0.05, 0.1) is 13.7 Å². The fourth-order valence-corrected chi connectivity index (χ4v) is 5.73. The zero-order chi connectivity index (χ0) is 27.7. The fraction of sp³-hybridized carbons (Fsp3) is 0.393. The number of thiazole rings is 1. The van der Waals surface area contributed by atoms with E-state index in [2.05, 4.69) is 4.98 Å². The van der Waals surface area contributed by atoms with E-state index in [1.807, 2.05) is 37.3 Å². The van der Waals surface area contributed by atoms with Gasteiger partial charge in [0.25, 0.3) is 5.91 Å². The lowest BCUT2D eigenvalue weighted by atomic mass is 10.1. The smallest absolute Gasteiger partial charge is 0.256 e. The van der Waals surface area contributed by atoms with Crippen molar-refractivity contribution in [1.82, 2.24) is 9.88 Å².